The maximum absolute atomic E-state index is 5.53. The van der Waals surface area contributed by atoms with E-state index in [-0.39, 0.29) is 0 Å². The van der Waals surface area contributed by atoms with Crippen LogP contribution in [0.25, 0.3) is 0 Å². The Morgan fingerprint density at radius 2 is 2.27 bits per heavy atom. The first-order chi connectivity index (χ1) is 7.33. The Labute approximate surface area is 89.6 Å². The fraction of sp³-hybridized carbons (Fsp3) is 0.500. The Morgan fingerprint density at radius 1 is 1.40 bits per heavy atom. The van der Waals surface area contributed by atoms with Crippen molar-refractivity contribution in [2.45, 2.75) is 0 Å². The smallest absolute Gasteiger partial charge is 0.125 e. The summed E-state index contributed by atoms with van der Waals surface area (Å²) in [7, 11) is 1.65. The van der Waals surface area contributed by atoms with Crippen molar-refractivity contribution in [1.29, 1.82) is 0 Å². The number of hydrogen-bond donors (Lipinski definition) is 2. The van der Waals surface area contributed by atoms with E-state index < -0.39 is 0 Å². The van der Waals surface area contributed by atoms with E-state index in [9.17, 15) is 0 Å². The van der Waals surface area contributed by atoms with Crippen molar-refractivity contribution in [2.24, 2.45) is 0 Å². The summed E-state index contributed by atoms with van der Waals surface area (Å²) in [5.74, 6) is 0.514. The van der Waals surface area contributed by atoms with Crippen LogP contribution < -0.4 is 11.1 Å². The molecule has 0 fully saturated rings. The lowest BCUT2D eigenvalue weighted by Gasteiger charge is -2.07. The van der Waals surface area contributed by atoms with Gasteiger partial charge in [0.25, 0.3) is 0 Å². The third-order valence-corrected chi connectivity index (χ3v) is 1.79. The molecule has 15 heavy (non-hydrogen) atoms. The van der Waals surface area contributed by atoms with Crippen LogP contribution in [-0.4, -0.2) is 38.5 Å². The Kier molecular flexibility index (Phi) is 5.50. The van der Waals surface area contributed by atoms with Crippen molar-refractivity contribution in [3.8, 4) is 0 Å². The molecule has 0 radical (unpaired) electrons. The van der Waals surface area contributed by atoms with Gasteiger partial charge in [0.05, 0.1) is 19.8 Å². The molecule has 0 aliphatic heterocycles. The molecule has 0 aliphatic rings. The molecule has 0 aromatic carbocycles. The van der Waals surface area contributed by atoms with Gasteiger partial charge in [-0.15, -0.1) is 0 Å². The van der Waals surface area contributed by atoms with E-state index >= 15 is 0 Å². The highest BCUT2D eigenvalue weighted by atomic mass is 16.5. The van der Waals surface area contributed by atoms with Crippen molar-refractivity contribution in [3.05, 3.63) is 18.3 Å². The average molecular weight is 211 g/mol. The highest BCUT2D eigenvalue weighted by Gasteiger charge is 1.93. The van der Waals surface area contributed by atoms with Gasteiger partial charge in [-0.3, -0.25) is 0 Å². The fourth-order valence-electron chi connectivity index (χ4n) is 1.07. The number of pyridine rings is 1. The van der Waals surface area contributed by atoms with Crippen molar-refractivity contribution in [1.82, 2.24) is 4.98 Å². The molecule has 0 saturated carbocycles. The van der Waals surface area contributed by atoms with E-state index in [1.54, 1.807) is 19.4 Å². The van der Waals surface area contributed by atoms with E-state index in [1.807, 2.05) is 6.07 Å². The summed E-state index contributed by atoms with van der Waals surface area (Å²) in [6.45, 7) is 2.64. The summed E-state index contributed by atoms with van der Waals surface area (Å²) in [4.78, 5) is 3.90. The minimum absolute atomic E-state index is 0.514. The van der Waals surface area contributed by atoms with Gasteiger partial charge in [0.15, 0.2) is 0 Å². The molecule has 84 valence electrons. The van der Waals surface area contributed by atoms with Crippen LogP contribution >= 0.6 is 0 Å². The molecular formula is C10H17N3O2. The van der Waals surface area contributed by atoms with Crippen LogP contribution in [-0.2, 0) is 9.47 Å². The molecule has 5 nitrogen and oxygen atoms in total. The lowest BCUT2D eigenvalue weighted by molar-refractivity contribution is 0.0759. The summed E-state index contributed by atoms with van der Waals surface area (Å²) in [5.41, 5.74) is 6.49. The predicted octanol–water partition coefficient (Wildman–Crippen LogP) is 0.739. The number of nitrogens with one attached hydrogen (secondary N) is 1. The van der Waals surface area contributed by atoms with Crippen LogP contribution in [0.3, 0.4) is 0 Å². The number of nitrogens with zero attached hydrogens (tertiary/aromatic N) is 1. The molecule has 1 aromatic rings. The fourth-order valence-corrected chi connectivity index (χ4v) is 1.07. The molecular weight excluding hydrogens is 194 g/mol. The highest BCUT2D eigenvalue weighted by Crippen LogP contribution is 2.07. The lowest BCUT2D eigenvalue weighted by Crippen LogP contribution is -2.12. The number of nitrogens with two attached hydrogens (primary N) is 1. The van der Waals surface area contributed by atoms with Gasteiger partial charge in [-0.25, -0.2) is 4.98 Å². The monoisotopic (exact) mass is 211 g/mol. The minimum atomic E-state index is 0.514. The zero-order valence-corrected chi connectivity index (χ0v) is 8.90. The van der Waals surface area contributed by atoms with Gasteiger partial charge in [-0.1, -0.05) is 0 Å². The van der Waals surface area contributed by atoms with Crippen LogP contribution in [0, 0.1) is 0 Å². The average Bonchev–Trinajstić information content (AvgIpc) is 2.23. The van der Waals surface area contributed by atoms with E-state index in [2.05, 4.69) is 10.3 Å². The summed E-state index contributed by atoms with van der Waals surface area (Å²) in [5, 5.41) is 3.18. The predicted molar refractivity (Wildman–Crippen MR) is 59.8 cm³/mol. The van der Waals surface area contributed by atoms with Crippen LogP contribution in [0.2, 0.25) is 0 Å². The van der Waals surface area contributed by atoms with Crippen LogP contribution in [0.5, 0.6) is 0 Å². The normalized spacial score (nSPS) is 10.2. The summed E-state index contributed by atoms with van der Waals surface area (Å²) in [6, 6.07) is 3.65. The number of aromatic nitrogens is 1. The molecule has 0 amide bonds. The van der Waals surface area contributed by atoms with Gasteiger partial charge in [0.1, 0.15) is 5.82 Å². The SMILES string of the molecule is COCCOCCNc1ccnc(N)c1. The van der Waals surface area contributed by atoms with Crippen molar-refractivity contribution >= 4 is 11.5 Å². The van der Waals surface area contributed by atoms with Gasteiger partial charge >= 0.3 is 0 Å². The van der Waals surface area contributed by atoms with Crippen molar-refractivity contribution < 1.29 is 9.47 Å². The van der Waals surface area contributed by atoms with E-state index in [0.29, 0.717) is 25.6 Å². The molecule has 0 aliphatic carbocycles. The van der Waals surface area contributed by atoms with E-state index in [0.717, 1.165) is 12.2 Å². The maximum atomic E-state index is 5.53. The molecule has 0 bridgehead atoms. The second-order valence-electron chi connectivity index (χ2n) is 3.00. The third-order valence-electron chi connectivity index (χ3n) is 1.79. The maximum Gasteiger partial charge on any atom is 0.125 e. The number of nitrogen functional groups attached to an aromatic ring is 1. The molecule has 1 aromatic heterocycles. The van der Waals surface area contributed by atoms with Gasteiger partial charge in [0, 0.05) is 31.6 Å². The molecule has 1 rings (SSSR count). The van der Waals surface area contributed by atoms with Crippen LogP contribution in [0.15, 0.2) is 18.3 Å². The molecule has 0 atom stereocenters. The minimum Gasteiger partial charge on any atom is -0.384 e. The van der Waals surface area contributed by atoms with Gasteiger partial charge < -0.3 is 20.5 Å². The summed E-state index contributed by atoms with van der Waals surface area (Å²) < 4.78 is 10.1. The van der Waals surface area contributed by atoms with Crippen LogP contribution in [0.1, 0.15) is 0 Å². The first kappa shape index (κ1) is 11.7. The van der Waals surface area contributed by atoms with E-state index in [1.165, 1.54) is 0 Å². The molecule has 0 unspecified atom stereocenters. The second kappa shape index (κ2) is 7.03. The van der Waals surface area contributed by atoms with Crippen molar-refractivity contribution in [3.63, 3.8) is 0 Å². The quantitative estimate of drug-likeness (QED) is 0.651. The summed E-state index contributed by atoms with van der Waals surface area (Å²) in [6.07, 6.45) is 1.67. The number of rotatable bonds is 7. The second-order valence-corrected chi connectivity index (χ2v) is 3.00. The standard InChI is InChI=1S/C10H17N3O2/c1-14-6-7-15-5-4-12-9-2-3-13-10(11)8-9/h2-3,8H,4-7H2,1H3,(H3,11,12,13). The number of hydrogen-bond acceptors (Lipinski definition) is 5. The number of anilines is 2. The molecule has 3 N–H and O–H groups in total. The largest absolute Gasteiger partial charge is 0.384 e. The van der Waals surface area contributed by atoms with Crippen LogP contribution in [0.4, 0.5) is 11.5 Å². The van der Waals surface area contributed by atoms with Gasteiger partial charge in [-0.05, 0) is 6.07 Å². The highest BCUT2D eigenvalue weighted by molar-refractivity contribution is 5.49. The third kappa shape index (κ3) is 5.19. The van der Waals surface area contributed by atoms with E-state index in [4.69, 9.17) is 15.2 Å². The Morgan fingerprint density at radius 3 is 3.00 bits per heavy atom. The first-order valence-corrected chi connectivity index (χ1v) is 4.85. The zero-order valence-electron chi connectivity index (χ0n) is 8.90. The van der Waals surface area contributed by atoms with Gasteiger partial charge in [-0.2, -0.15) is 0 Å². The van der Waals surface area contributed by atoms with Crippen molar-refractivity contribution in [2.75, 3.05) is 44.5 Å². The molecule has 5 heteroatoms. The Hall–Kier alpha value is -1.33. The Balaban J connectivity index is 2.10. The first-order valence-electron chi connectivity index (χ1n) is 4.85. The summed E-state index contributed by atoms with van der Waals surface area (Å²) >= 11 is 0. The topological polar surface area (TPSA) is 69.4 Å². The lowest BCUT2D eigenvalue weighted by atomic mass is 10.4. The zero-order chi connectivity index (χ0) is 10.9. The number of methoxy groups -OCH3 is 1. The molecule has 0 spiro atoms. The number of ether oxygens (including phenoxy) is 2. The molecule has 0 saturated heterocycles. The molecule has 1 heterocycles. The Bertz CT molecular complexity index is 281. The van der Waals surface area contributed by atoms with Gasteiger partial charge in [0.2, 0.25) is 0 Å².